The van der Waals surface area contributed by atoms with Gasteiger partial charge in [0, 0.05) is 12.6 Å². The van der Waals surface area contributed by atoms with Crippen molar-refractivity contribution in [1.82, 2.24) is 10.2 Å². The maximum atomic E-state index is 13.1. The first-order valence-electron chi connectivity index (χ1n) is 8.92. The van der Waals surface area contributed by atoms with Crippen molar-refractivity contribution in [1.29, 1.82) is 0 Å². The number of likely N-dealkylation sites (N-methyl/N-ethyl adjacent to an activating group) is 1. The van der Waals surface area contributed by atoms with Crippen LogP contribution in [0.5, 0.6) is 11.5 Å². The summed E-state index contributed by atoms with van der Waals surface area (Å²) in [6, 6.07) is 9.14. The molecule has 1 fully saturated rings. The highest BCUT2D eigenvalue weighted by atomic mass is 19.1. The molecular formula is C22H21FN2O4. The lowest BCUT2D eigenvalue weighted by Gasteiger charge is -2.16. The highest BCUT2D eigenvalue weighted by Gasteiger charge is 2.30. The van der Waals surface area contributed by atoms with Gasteiger partial charge in [-0.25, -0.2) is 9.18 Å². The van der Waals surface area contributed by atoms with Crippen molar-refractivity contribution in [3.63, 3.8) is 0 Å². The molecule has 0 aromatic heterocycles. The van der Waals surface area contributed by atoms with Gasteiger partial charge < -0.3 is 14.8 Å². The number of imide groups is 1. The molecule has 150 valence electrons. The van der Waals surface area contributed by atoms with Gasteiger partial charge in [0.25, 0.3) is 5.91 Å². The van der Waals surface area contributed by atoms with Crippen LogP contribution < -0.4 is 14.8 Å². The molecule has 6 nitrogen and oxygen atoms in total. The molecule has 29 heavy (non-hydrogen) atoms. The average molecular weight is 396 g/mol. The molecule has 7 heteroatoms. The zero-order valence-electron chi connectivity index (χ0n) is 16.2. The van der Waals surface area contributed by atoms with Gasteiger partial charge in [-0.2, -0.15) is 0 Å². The molecule has 0 aliphatic carbocycles. The summed E-state index contributed by atoms with van der Waals surface area (Å²) in [6.07, 6.45) is 3.82. The topological polar surface area (TPSA) is 67.9 Å². The molecule has 0 atom stereocenters. The number of amides is 3. The van der Waals surface area contributed by atoms with Crippen molar-refractivity contribution in [2.75, 3.05) is 14.2 Å². The van der Waals surface area contributed by atoms with Gasteiger partial charge >= 0.3 is 6.03 Å². The zero-order chi connectivity index (χ0) is 21.0. The molecule has 0 unspecified atom stereocenters. The van der Waals surface area contributed by atoms with Crippen molar-refractivity contribution in [3.05, 3.63) is 77.3 Å². The van der Waals surface area contributed by atoms with Gasteiger partial charge in [-0.05, 0) is 47.9 Å². The average Bonchev–Trinajstić information content (AvgIpc) is 2.95. The second-order valence-corrected chi connectivity index (χ2v) is 6.47. The quantitative estimate of drug-likeness (QED) is 0.441. The number of carbonyl (C=O) groups is 2. The van der Waals surface area contributed by atoms with Gasteiger partial charge in [0.15, 0.2) is 11.5 Å². The number of ether oxygens (including phenoxy) is 2. The number of nitrogens with one attached hydrogen (secondary N) is 1. The summed E-state index contributed by atoms with van der Waals surface area (Å²) >= 11 is 0. The van der Waals surface area contributed by atoms with Crippen LogP contribution >= 0.6 is 0 Å². The standard InChI is InChI=1S/C22H21FN2O4/c1-4-5-16-10-15(11-18-21(26)25(2)22(27)24-18)12-19(28-3)20(16)29-13-14-6-8-17(23)9-7-14/h4,6-12H,1,5,13H2,2-3H3,(H,24,27)/b18-11+. The van der Waals surface area contributed by atoms with Crippen molar-refractivity contribution in [2.45, 2.75) is 13.0 Å². The second kappa shape index (κ2) is 8.60. The molecule has 0 spiro atoms. The number of allylic oxidation sites excluding steroid dienone is 1. The van der Waals surface area contributed by atoms with Crippen LogP contribution in [-0.2, 0) is 17.8 Å². The number of carbonyl (C=O) groups excluding carboxylic acids is 2. The first-order valence-corrected chi connectivity index (χ1v) is 8.92. The van der Waals surface area contributed by atoms with E-state index in [1.54, 1.807) is 30.4 Å². The van der Waals surface area contributed by atoms with Gasteiger partial charge in [-0.15, -0.1) is 6.58 Å². The van der Waals surface area contributed by atoms with E-state index in [9.17, 15) is 14.0 Å². The minimum Gasteiger partial charge on any atom is -0.493 e. The zero-order valence-corrected chi connectivity index (χ0v) is 16.2. The van der Waals surface area contributed by atoms with Crippen molar-refractivity contribution in [2.24, 2.45) is 0 Å². The Bertz CT molecular complexity index is 983. The summed E-state index contributed by atoms with van der Waals surface area (Å²) in [6.45, 7) is 4.01. The SMILES string of the molecule is C=CCc1cc(/C=C2/NC(=O)N(C)C2=O)cc(OC)c1OCc1ccc(F)cc1. The molecule has 1 N–H and O–H groups in total. The molecule has 0 saturated carbocycles. The third-order valence-electron chi connectivity index (χ3n) is 4.43. The number of hydrogen-bond donors (Lipinski definition) is 1. The molecule has 1 heterocycles. The van der Waals surface area contributed by atoms with Crippen LogP contribution in [0.3, 0.4) is 0 Å². The summed E-state index contributed by atoms with van der Waals surface area (Å²) in [4.78, 5) is 24.8. The van der Waals surface area contributed by atoms with Crippen molar-refractivity contribution < 1.29 is 23.5 Å². The van der Waals surface area contributed by atoms with E-state index in [-0.39, 0.29) is 18.1 Å². The Balaban J connectivity index is 1.92. The van der Waals surface area contributed by atoms with Gasteiger partial charge in [0.1, 0.15) is 18.1 Å². The lowest BCUT2D eigenvalue weighted by molar-refractivity contribution is -0.121. The van der Waals surface area contributed by atoms with Crippen LogP contribution in [0.15, 0.2) is 54.8 Å². The molecular weight excluding hydrogens is 375 g/mol. The Morgan fingerprint density at radius 3 is 2.52 bits per heavy atom. The highest BCUT2D eigenvalue weighted by Crippen LogP contribution is 2.35. The molecule has 3 amide bonds. The number of rotatable bonds is 7. The molecule has 0 bridgehead atoms. The highest BCUT2D eigenvalue weighted by molar-refractivity contribution is 6.13. The van der Waals surface area contributed by atoms with E-state index in [1.165, 1.54) is 26.3 Å². The smallest absolute Gasteiger partial charge is 0.328 e. The first-order chi connectivity index (χ1) is 13.9. The Kier molecular flexibility index (Phi) is 5.97. The Morgan fingerprint density at radius 2 is 1.93 bits per heavy atom. The minimum atomic E-state index is -0.473. The summed E-state index contributed by atoms with van der Waals surface area (Å²) in [7, 11) is 2.93. The summed E-state index contributed by atoms with van der Waals surface area (Å²) in [5.41, 5.74) is 2.47. The van der Waals surface area contributed by atoms with Crippen LogP contribution in [0, 0.1) is 5.82 Å². The van der Waals surface area contributed by atoms with Crippen LogP contribution in [0.25, 0.3) is 6.08 Å². The summed E-state index contributed by atoms with van der Waals surface area (Å²) in [5, 5.41) is 2.53. The predicted molar refractivity (Wildman–Crippen MR) is 107 cm³/mol. The van der Waals surface area contributed by atoms with E-state index in [0.717, 1.165) is 16.0 Å². The van der Waals surface area contributed by atoms with Gasteiger partial charge in [0.2, 0.25) is 0 Å². The fraction of sp³-hybridized carbons (Fsp3) is 0.182. The van der Waals surface area contributed by atoms with Crippen molar-refractivity contribution in [3.8, 4) is 11.5 Å². The number of hydrogen-bond acceptors (Lipinski definition) is 4. The Hall–Kier alpha value is -3.61. The fourth-order valence-electron chi connectivity index (χ4n) is 2.92. The molecule has 1 aliphatic rings. The third kappa shape index (κ3) is 4.45. The van der Waals surface area contributed by atoms with Crippen LogP contribution in [0.2, 0.25) is 0 Å². The van der Waals surface area contributed by atoms with Gasteiger partial charge in [0.05, 0.1) is 7.11 Å². The number of benzene rings is 2. The van der Waals surface area contributed by atoms with Gasteiger partial charge in [-0.1, -0.05) is 18.2 Å². The lowest BCUT2D eigenvalue weighted by atomic mass is 10.0. The summed E-state index contributed by atoms with van der Waals surface area (Å²) in [5.74, 6) is 0.298. The first kappa shape index (κ1) is 20.1. The normalized spacial score (nSPS) is 14.9. The third-order valence-corrected chi connectivity index (χ3v) is 4.43. The van der Waals surface area contributed by atoms with E-state index >= 15 is 0 Å². The Labute approximate surface area is 168 Å². The predicted octanol–water partition coefficient (Wildman–Crippen LogP) is 3.66. The van der Waals surface area contributed by atoms with Crippen LogP contribution in [0.4, 0.5) is 9.18 Å². The number of methoxy groups -OCH3 is 1. The van der Waals surface area contributed by atoms with E-state index in [2.05, 4.69) is 11.9 Å². The maximum absolute atomic E-state index is 13.1. The molecule has 3 rings (SSSR count). The van der Waals surface area contributed by atoms with E-state index in [4.69, 9.17) is 9.47 Å². The number of nitrogens with zero attached hydrogens (tertiary/aromatic N) is 1. The van der Waals surface area contributed by atoms with E-state index in [1.807, 2.05) is 6.07 Å². The second-order valence-electron chi connectivity index (χ2n) is 6.47. The van der Waals surface area contributed by atoms with Gasteiger partial charge in [-0.3, -0.25) is 9.69 Å². The number of urea groups is 1. The lowest BCUT2D eigenvalue weighted by Crippen LogP contribution is -2.25. The van der Waals surface area contributed by atoms with Crippen molar-refractivity contribution >= 4 is 18.0 Å². The maximum Gasteiger partial charge on any atom is 0.328 e. The summed E-state index contributed by atoms with van der Waals surface area (Å²) < 4.78 is 24.5. The molecule has 1 saturated heterocycles. The van der Waals surface area contributed by atoms with E-state index in [0.29, 0.717) is 23.5 Å². The molecule has 1 aliphatic heterocycles. The molecule has 2 aromatic carbocycles. The molecule has 2 aromatic rings. The van der Waals surface area contributed by atoms with E-state index < -0.39 is 11.9 Å². The van der Waals surface area contributed by atoms with Crippen LogP contribution in [0.1, 0.15) is 16.7 Å². The Morgan fingerprint density at radius 1 is 1.21 bits per heavy atom. The molecule has 0 radical (unpaired) electrons. The fourth-order valence-corrected chi connectivity index (χ4v) is 2.92. The monoisotopic (exact) mass is 396 g/mol. The number of halogens is 1. The van der Waals surface area contributed by atoms with Crippen LogP contribution in [-0.4, -0.2) is 31.0 Å². The largest absolute Gasteiger partial charge is 0.493 e. The minimum absolute atomic E-state index is 0.184.